The fraction of sp³-hybridized carbons (Fsp3) is 0.444. The first kappa shape index (κ1) is 13.0. The van der Waals surface area contributed by atoms with Crippen molar-refractivity contribution in [2.24, 2.45) is 0 Å². The van der Waals surface area contributed by atoms with Gasteiger partial charge in [0.05, 0.1) is 7.11 Å². The van der Waals surface area contributed by atoms with Gasteiger partial charge in [0.25, 0.3) is 0 Å². The van der Waals surface area contributed by atoms with E-state index in [2.05, 4.69) is 26.0 Å². The lowest BCUT2D eigenvalue weighted by atomic mass is 10.3. The van der Waals surface area contributed by atoms with E-state index in [0.29, 0.717) is 6.54 Å². The average molecular weight is 313 g/mol. The molecule has 0 radical (unpaired) electrons. The van der Waals surface area contributed by atoms with E-state index in [9.17, 15) is 4.79 Å². The van der Waals surface area contributed by atoms with Crippen molar-refractivity contribution in [3.8, 4) is 0 Å². The van der Waals surface area contributed by atoms with E-state index >= 15 is 0 Å². The third-order valence-electron chi connectivity index (χ3n) is 1.83. The van der Waals surface area contributed by atoms with Crippen molar-refractivity contribution in [1.82, 2.24) is 5.32 Å². The monoisotopic (exact) mass is 311 g/mol. The molecule has 0 spiro atoms. The molecule has 1 aromatic rings. The summed E-state index contributed by atoms with van der Waals surface area (Å²) in [7, 11) is 1.37. The zero-order chi connectivity index (χ0) is 11.4. The van der Waals surface area contributed by atoms with Crippen LogP contribution in [0.5, 0.6) is 0 Å². The molecule has 15 heavy (non-hydrogen) atoms. The normalized spacial score (nSPS) is 12.5. The smallest absolute Gasteiger partial charge is 0.322 e. The highest BCUT2D eigenvalue weighted by Crippen LogP contribution is 2.31. The minimum absolute atomic E-state index is 0.267. The lowest BCUT2D eigenvalue weighted by Gasteiger charge is -2.09. The number of methoxy groups -OCH3 is 1. The molecule has 0 saturated heterocycles. The summed E-state index contributed by atoms with van der Waals surface area (Å²) < 4.78 is 6.20. The predicted octanol–water partition coefficient (Wildman–Crippen LogP) is 2.82. The van der Waals surface area contributed by atoms with Gasteiger partial charge in [-0.2, -0.15) is 0 Å². The van der Waals surface area contributed by atoms with Crippen molar-refractivity contribution >= 4 is 44.8 Å². The molecule has 3 nitrogen and oxygen atoms in total. The highest BCUT2D eigenvalue weighted by atomic mass is 79.9. The first-order valence-corrected chi connectivity index (χ1v) is 6.28. The molecule has 6 heteroatoms. The second kappa shape index (κ2) is 5.84. The van der Waals surface area contributed by atoms with Crippen LogP contribution in [0.25, 0.3) is 0 Å². The molecule has 1 heterocycles. The number of hydrogen-bond acceptors (Lipinski definition) is 4. The van der Waals surface area contributed by atoms with Gasteiger partial charge < -0.3 is 4.74 Å². The average Bonchev–Trinajstić information content (AvgIpc) is 2.54. The van der Waals surface area contributed by atoms with Crippen LogP contribution in [0.15, 0.2) is 10.5 Å². The van der Waals surface area contributed by atoms with Gasteiger partial charge in [-0.15, -0.1) is 11.3 Å². The van der Waals surface area contributed by atoms with Crippen LogP contribution in [0.2, 0.25) is 4.34 Å². The lowest BCUT2D eigenvalue weighted by molar-refractivity contribution is -0.142. The molecule has 0 unspecified atom stereocenters. The van der Waals surface area contributed by atoms with E-state index in [4.69, 9.17) is 11.6 Å². The molecule has 1 rings (SSSR count). The van der Waals surface area contributed by atoms with Gasteiger partial charge >= 0.3 is 5.97 Å². The number of halogens is 2. The van der Waals surface area contributed by atoms with Crippen LogP contribution < -0.4 is 5.32 Å². The molecule has 0 fully saturated rings. The van der Waals surface area contributed by atoms with Crippen LogP contribution in [-0.2, 0) is 16.1 Å². The van der Waals surface area contributed by atoms with E-state index in [1.165, 1.54) is 18.4 Å². The Hall–Kier alpha value is -0.100. The van der Waals surface area contributed by atoms with E-state index in [-0.39, 0.29) is 12.0 Å². The molecule has 0 amide bonds. The molecular weight excluding hydrogens is 302 g/mol. The summed E-state index contributed by atoms with van der Waals surface area (Å²) >= 11 is 10.7. The van der Waals surface area contributed by atoms with E-state index < -0.39 is 0 Å². The molecule has 0 aliphatic carbocycles. The zero-order valence-corrected chi connectivity index (χ0v) is 11.5. The minimum atomic E-state index is -0.311. The van der Waals surface area contributed by atoms with Crippen molar-refractivity contribution < 1.29 is 9.53 Å². The Labute approximate surface area is 106 Å². The number of hydrogen-bond donors (Lipinski definition) is 1. The van der Waals surface area contributed by atoms with E-state index in [0.717, 1.165) is 13.7 Å². The van der Waals surface area contributed by atoms with Gasteiger partial charge in [-0.3, -0.25) is 10.1 Å². The van der Waals surface area contributed by atoms with Crippen molar-refractivity contribution in [1.29, 1.82) is 0 Å². The summed E-state index contributed by atoms with van der Waals surface area (Å²) in [6.07, 6.45) is 0. The third-order valence-corrected chi connectivity index (χ3v) is 4.31. The van der Waals surface area contributed by atoms with Crippen LogP contribution in [0.3, 0.4) is 0 Å². The standard InChI is InChI=1S/C9H11BrClNO2S/c1-5(9(13)14-2)12-4-6-3-7(10)8(11)15-6/h3,5,12H,4H2,1-2H3/t5-/m0/s1. The van der Waals surface area contributed by atoms with Gasteiger partial charge in [0.1, 0.15) is 10.4 Å². The maximum Gasteiger partial charge on any atom is 0.322 e. The van der Waals surface area contributed by atoms with E-state index in [1.54, 1.807) is 6.92 Å². The Balaban J connectivity index is 2.47. The van der Waals surface area contributed by atoms with Gasteiger partial charge in [0, 0.05) is 15.9 Å². The van der Waals surface area contributed by atoms with Crippen molar-refractivity contribution in [2.75, 3.05) is 7.11 Å². The van der Waals surface area contributed by atoms with Crippen LogP contribution >= 0.6 is 38.9 Å². The molecule has 0 aromatic carbocycles. The Kier molecular flexibility index (Phi) is 5.05. The Bertz CT molecular complexity index is 336. The fourth-order valence-corrected chi connectivity index (χ4v) is 2.73. The molecule has 1 aromatic heterocycles. The zero-order valence-electron chi connectivity index (χ0n) is 8.34. The number of carbonyl (C=O) groups is 1. The molecule has 0 aliphatic rings. The maximum absolute atomic E-state index is 11.1. The van der Waals surface area contributed by atoms with Crippen LogP contribution in [-0.4, -0.2) is 19.1 Å². The van der Waals surface area contributed by atoms with Crippen molar-refractivity contribution in [3.63, 3.8) is 0 Å². The molecule has 1 N–H and O–H groups in total. The third kappa shape index (κ3) is 3.75. The van der Waals surface area contributed by atoms with Crippen LogP contribution in [0, 0.1) is 0 Å². The summed E-state index contributed by atoms with van der Waals surface area (Å²) in [4.78, 5) is 12.2. The Morgan fingerprint density at radius 2 is 2.47 bits per heavy atom. The molecular formula is C9H11BrClNO2S. The maximum atomic E-state index is 11.1. The lowest BCUT2D eigenvalue weighted by Crippen LogP contribution is -2.34. The number of ether oxygens (including phenoxy) is 1. The number of rotatable bonds is 4. The molecule has 0 saturated carbocycles. The van der Waals surface area contributed by atoms with Gasteiger partial charge in [-0.25, -0.2) is 0 Å². The second-order valence-electron chi connectivity index (χ2n) is 2.96. The number of carbonyl (C=O) groups excluding carboxylic acids is 1. The first-order valence-electron chi connectivity index (χ1n) is 4.29. The van der Waals surface area contributed by atoms with E-state index in [1.807, 2.05) is 6.07 Å². The largest absolute Gasteiger partial charge is 0.468 e. The highest BCUT2D eigenvalue weighted by Gasteiger charge is 2.12. The Morgan fingerprint density at radius 1 is 1.80 bits per heavy atom. The minimum Gasteiger partial charge on any atom is -0.468 e. The number of nitrogens with one attached hydrogen (secondary N) is 1. The summed E-state index contributed by atoms with van der Waals surface area (Å²) in [5, 5.41) is 3.05. The van der Waals surface area contributed by atoms with Gasteiger partial charge in [-0.05, 0) is 28.9 Å². The van der Waals surface area contributed by atoms with Crippen LogP contribution in [0.4, 0.5) is 0 Å². The van der Waals surface area contributed by atoms with Crippen molar-refractivity contribution in [3.05, 3.63) is 19.8 Å². The summed E-state index contributed by atoms with van der Waals surface area (Å²) in [6, 6.07) is 1.62. The SMILES string of the molecule is COC(=O)[C@H](C)NCc1cc(Br)c(Cl)s1. The molecule has 84 valence electrons. The summed E-state index contributed by atoms with van der Waals surface area (Å²) in [5.41, 5.74) is 0. The van der Waals surface area contributed by atoms with Gasteiger partial charge in [0.15, 0.2) is 0 Å². The summed E-state index contributed by atoms with van der Waals surface area (Å²) in [6.45, 7) is 2.36. The summed E-state index contributed by atoms with van der Waals surface area (Å²) in [5.74, 6) is -0.267. The number of esters is 1. The first-order chi connectivity index (χ1) is 7.04. The van der Waals surface area contributed by atoms with Gasteiger partial charge in [-0.1, -0.05) is 11.6 Å². The molecule has 0 aliphatic heterocycles. The molecule has 1 atom stereocenters. The predicted molar refractivity (Wildman–Crippen MR) is 65.3 cm³/mol. The topological polar surface area (TPSA) is 38.3 Å². The van der Waals surface area contributed by atoms with Gasteiger partial charge in [0.2, 0.25) is 0 Å². The highest BCUT2D eigenvalue weighted by molar-refractivity contribution is 9.10. The van der Waals surface area contributed by atoms with Crippen LogP contribution in [0.1, 0.15) is 11.8 Å². The Morgan fingerprint density at radius 3 is 2.93 bits per heavy atom. The molecule has 0 bridgehead atoms. The fourth-order valence-electron chi connectivity index (χ4n) is 0.992. The second-order valence-corrected chi connectivity index (χ2v) is 5.55. The number of thiophene rings is 1. The van der Waals surface area contributed by atoms with Crippen molar-refractivity contribution in [2.45, 2.75) is 19.5 Å². The quantitative estimate of drug-likeness (QED) is 0.869.